The van der Waals surface area contributed by atoms with Gasteiger partial charge in [-0.25, -0.2) is 0 Å². The molecule has 0 aromatic heterocycles. The molecule has 0 aliphatic heterocycles. The van der Waals surface area contributed by atoms with E-state index < -0.39 is 0 Å². The van der Waals surface area contributed by atoms with E-state index in [1.165, 1.54) is 5.56 Å². The molecule has 3 heteroatoms. The Morgan fingerprint density at radius 1 is 1.29 bits per heavy atom. The molecule has 1 unspecified atom stereocenters. The Kier molecular flexibility index (Phi) is 6.01. The average Bonchev–Trinajstić information content (AvgIpc) is 2.30. The fraction of sp³-hybridized carbons (Fsp3) is 0.571. The second-order valence-electron chi connectivity index (χ2n) is 4.63. The highest BCUT2D eigenvalue weighted by molar-refractivity contribution is 5.33. The molecule has 96 valence electrons. The zero-order valence-corrected chi connectivity index (χ0v) is 11.1. The van der Waals surface area contributed by atoms with E-state index >= 15 is 0 Å². The second-order valence-corrected chi connectivity index (χ2v) is 4.63. The van der Waals surface area contributed by atoms with Gasteiger partial charge in [0, 0.05) is 12.6 Å². The van der Waals surface area contributed by atoms with Crippen molar-refractivity contribution in [3.8, 4) is 5.75 Å². The van der Waals surface area contributed by atoms with E-state index in [0.717, 1.165) is 25.1 Å². The molecule has 2 N–H and O–H groups in total. The molecule has 17 heavy (non-hydrogen) atoms. The van der Waals surface area contributed by atoms with Gasteiger partial charge < -0.3 is 15.4 Å². The topological polar surface area (TPSA) is 38.5 Å². The molecule has 0 saturated heterocycles. The van der Waals surface area contributed by atoms with Crippen LogP contribution in [0.25, 0.3) is 0 Å². The minimum atomic E-state index is 0.216. The molecule has 1 aromatic rings. The van der Waals surface area contributed by atoms with Crippen molar-refractivity contribution in [2.75, 3.05) is 27.2 Å². The number of nitrogens with zero attached hydrogens (tertiary/aromatic N) is 1. The number of likely N-dealkylation sites (N-methyl/N-ethyl adjacent to an activating group) is 1. The lowest BCUT2D eigenvalue weighted by Crippen LogP contribution is -2.23. The van der Waals surface area contributed by atoms with Crippen LogP contribution in [0.2, 0.25) is 0 Å². The minimum absolute atomic E-state index is 0.216. The summed E-state index contributed by atoms with van der Waals surface area (Å²) in [6.07, 6.45) is 1.88. The fourth-order valence-electron chi connectivity index (χ4n) is 1.58. The number of hydrogen-bond donors (Lipinski definition) is 1. The Hall–Kier alpha value is -1.06. The first-order valence-electron chi connectivity index (χ1n) is 6.24. The van der Waals surface area contributed by atoms with Gasteiger partial charge in [0.2, 0.25) is 0 Å². The van der Waals surface area contributed by atoms with Crippen molar-refractivity contribution in [3.05, 3.63) is 29.8 Å². The van der Waals surface area contributed by atoms with Gasteiger partial charge in [0.15, 0.2) is 0 Å². The third-order valence-corrected chi connectivity index (χ3v) is 2.78. The van der Waals surface area contributed by atoms with E-state index in [-0.39, 0.29) is 6.04 Å². The van der Waals surface area contributed by atoms with Gasteiger partial charge in [-0.3, -0.25) is 0 Å². The maximum atomic E-state index is 5.99. The van der Waals surface area contributed by atoms with Crippen LogP contribution in [-0.4, -0.2) is 38.2 Å². The maximum Gasteiger partial charge on any atom is 0.122 e. The normalized spacial score (nSPS) is 12.8. The van der Waals surface area contributed by atoms with E-state index in [1.807, 2.05) is 32.3 Å². The number of benzene rings is 1. The summed E-state index contributed by atoms with van der Waals surface area (Å²) in [7, 11) is 4.09. The lowest BCUT2D eigenvalue weighted by atomic mass is 10.0. The fourth-order valence-corrected chi connectivity index (χ4v) is 1.58. The Balaban J connectivity index is 2.57. The monoisotopic (exact) mass is 236 g/mol. The molecule has 3 nitrogen and oxygen atoms in total. The van der Waals surface area contributed by atoms with Crippen LogP contribution in [0.1, 0.15) is 18.9 Å². The zero-order valence-electron chi connectivity index (χ0n) is 11.1. The van der Waals surface area contributed by atoms with Crippen LogP contribution in [0, 0.1) is 0 Å². The summed E-state index contributed by atoms with van der Waals surface area (Å²) in [5, 5.41) is 0. The average molecular weight is 236 g/mol. The van der Waals surface area contributed by atoms with Gasteiger partial charge in [0.05, 0.1) is 0 Å². The van der Waals surface area contributed by atoms with E-state index in [9.17, 15) is 0 Å². The van der Waals surface area contributed by atoms with Crippen LogP contribution in [0.4, 0.5) is 0 Å². The number of hydrogen-bond acceptors (Lipinski definition) is 3. The summed E-state index contributed by atoms with van der Waals surface area (Å²) < 4.78 is 5.80. The van der Waals surface area contributed by atoms with Crippen molar-refractivity contribution in [1.29, 1.82) is 0 Å². The summed E-state index contributed by atoms with van der Waals surface area (Å²) in [6.45, 7) is 3.75. The zero-order chi connectivity index (χ0) is 12.7. The van der Waals surface area contributed by atoms with Crippen molar-refractivity contribution >= 4 is 0 Å². The highest BCUT2D eigenvalue weighted by atomic mass is 16.5. The van der Waals surface area contributed by atoms with Gasteiger partial charge in [-0.1, -0.05) is 25.1 Å². The summed E-state index contributed by atoms with van der Waals surface area (Å²) in [5.74, 6) is 0.971. The van der Waals surface area contributed by atoms with Crippen molar-refractivity contribution in [1.82, 2.24) is 4.90 Å². The van der Waals surface area contributed by atoms with Crippen LogP contribution in [0.3, 0.4) is 0 Å². The molecule has 1 atom stereocenters. The number of nitrogens with two attached hydrogens (primary N) is 1. The first kappa shape index (κ1) is 14.0. The lowest BCUT2D eigenvalue weighted by molar-refractivity contribution is 0.259. The van der Waals surface area contributed by atoms with E-state index in [1.54, 1.807) is 0 Å². The molecule has 0 spiro atoms. The van der Waals surface area contributed by atoms with Gasteiger partial charge in [-0.15, -0.1) is 0 Å². The number of para-hydroxylation sites is 1. The minimum Gasteiger partial charge on any atom is -0.492 e. The Morgan fingerprint density at radius 2 is 2.00 bits per heavy atom. The standard InChI is InChI=1S/C14H24N2O/c1-4-13(15)11-12-7-5-6-8-14(12)17-10-9-16(2)3/h5-8,13H,4,9-11,15H2,1-3H3. The van der Waals surface area contributed by atoms with Crippen LogP contribution >= 0.6 is 0 Å². The number of rotatable bonds is 7. The third-order valence-electron chi connectivity index (χ3n) is 2.78. The highest BCUT2D eigenvalue weighted by Crippen LogP contribution is 2.19. The summed E-state index contributed by atoms with van der Waals surface area (Å²) >= 11 is 0. The SMILES string of the molecule is CCC(N)Cc1ccccc1OCCN(C)C. The number of ether oxygens (including phenoxy) is 1. The summed E-state index contributed by atoms with van der Waals surface area (Å²) in [5.41, 5.74) is 7.20. The van der Waals surface area contributed by atoms with Gasteiger partial charge >= 0.3 is 0 Å². The summed E-state index contributed by atoms with van der Waals surface area (Å²) in [6, 6.07) is 8.38. The Bertz CT molecular complexity index is 326. The van der Waals surface area contributed by atoms with Gasteiger partial charge in [-0.2, -0.15) is 0 Å². The molecule has 0 radical (unpaired) electrons. The van der Waals surface area contributed by atoms with E-state index in [4.69, 9.17) is 10.5 Å². The van der Waals surface area contributed by atoms with Gasteiger partial charge in [0.25, 0.3) is 0 Å². The molecule has 0 aliphatic rings. The Labute approximate surface area is 105 Å². The molecular weight excluding hydrogens is 212 g/mol. The molecular formula is C14H24N2O. The first-order chi connectivity index (χ1) is 8.13. The molecule has 0 bridgehead atoms. The van der Waals surface area contributed by atoms with Crippen molar-refractivity contribution in [3.63, 3.8) is 0 Å². The third kappa shape index (κ3) is 5.20. The summed E-state index contributed by atoms with van der Waals surface area (Å²) in [4.78, 5) is 2.11. The molecule has 1 rings (SSSR count). The molecule has 0 fully saturated rings. The van der Waals surface area contributed by atoms with Gasteiger partial charge in [-0.05, 0) is 38.6 Å². The Morgan fingerprint density at radius 3 is 2.65 bits per heavy atom. The highest BCUT2D eigenvalue weighted by Gasteiger charge is 2.07. The molecule has 1 aromatic carbocycles. The molecule has 0 heterocycles. The largest absolute Gasteiger partial charge is 0.492 e. The van der Waals surface area contributed by atoms with Crippen LogP contribution in [-0.2, 0) is 6.42 Å². The first-order valence-corrected chi connectivity index (χ1v) is 6.24. The maximum absolute atomic E-state index is 5.99. The predicted octanol–water partition coefficient (Wildman–Crippen LogP) is 1.91. The van der Waals surface area contributed by atoms with Crippen LogP contribution in [0.15, 0.2) is 24.3 Å². The van der Waals surface area contributed by atoms with Crippen LogP contribution < -0.4 is 10.5 Å². The van der Waals surface area contributed by atoms with E-state index in [2.05, 4.69) is 17.9 Å². The molecule has 0 aliphatic carbocycles. The van der Waals surface area contributed by atoms with Gasteiger partial charge in [0.1, 0.15) is 12.4 Å². The molecule has 0 amide bonds. The lowest BCUT2D eigenvalue weighted by Gasteiger charge is -2.15. The van der Waals surface area contributed by atoms with Crippen molar-refractivity contribution in [2.45, 2.75) is 25.8 Å². The van der Waals surface area contributed by atoms with Crippen molar-refractivity contribution < 1.29 is 4.74 Å². The molecule has 0 saturated carbocycles. The van der Waals surface area contributed by atoms with Crippen molar-refractivity contribution in [2.24, 2.45) is 5.73 Å². The second kappa shape index (κ2) is 7.30. The predicted molar refractivity (Wildman–Crippen MR) is 72.5 cm³/mol. The quantitative estimate of drug-likeness (QED) is 0.786. The van der Waals surface area contributed by atoms with Crippen LogP contribution in [0.5, 0.6) is 5.75 Å². The van der Waals surface area contributed by atoms with E-state index in [0.29, 0.717) is 6.61 Å². The smallest absolute Gasteiger partial charge is 0.122 e.